The van der Waals surface area contributed by atoms with E-state index in [1.54, 1.807) is 37.4 Å². The Morgan fingerprint density at radius 1 is 1.27 bits per heavy atom. The number of hydrogen-bond acceptors (Lipinski definition) is 4. The second-order valence-electron chi connectivity index (χ2n) is 4.88. The van der Waals surface area contributed by atoms with Gasteiger partial charge in [-0.25, -0.2) is 4.39 Å². The Labute approximate surface area is 127 Å². The van der Waals surface area contributed by atoms with Gasteiger partial charge in [0.1, 0.15) is 29.0 Å². The monoisotopic (exact) mass is 296 g/mol. The number of hydrogen-bond donors (Lipinski definition) is 1. The van der Waals surface area contributed by atoms with E-state index < -0.39 is 5.92 Å². The largest absolute Gasteiger partial charge is 0.497 e. The maximum absolute atomic E-state index is 13.6. The van der Waals surface area contributed by atoms with Crippen molar-refractivity contribution in [2.24, 2.45) is 5.73 Å². The Morgan fingerprint density at radius 2 is 2.09 bits per heavy atom. The van der Waals surface area contributed by atoms with Gasteiger partial charge >= 0.3 is 0 Å². The summed E-state index contributed by atoms with van der Waals surface area (Å²) in [5, 5.41) is 9.40. The van der Waals surface area contributed by atoms with E-state index in [2.05, 4.69) is 6.07 Å². The zero-order chi connectivity index (χ0) is 15.7. The van der Waals surface area contributed by atoms with E-state index in [-0.39, 0.29) is 17.3 Å². The summed E-state index contributed by atoms with van der Waals surface area (Å²) in [5.74, 6) is 0.317. The maximum atomic E-state index is 13.6. The smallest absolute Gasteiger partial charge is 0.205 e. The molecule has 0 aromatic heterocycles. The molecule has 0 fully saturated rings. The molecule has 110 valence electrons. The number of nitrogens with two attached hydrogens (primary N) is 1. The summed E-state index contributed by atoms with van der Waals surface area (Å²) in [6, 6.07) is 13.5. The lowest BCUT2D eigenvalue weighted by atomic mass is 9.83. The fraction of sp³-hybridized carbons (Fsp3) is 0.118. The number of fused-ring (bicyclic) bond motifs is 1. The molecule has 1 aliphatic heterocycles. The molecule has 22 heavy (non-hydrogen) atoms. The predicted molar refractivity (Wildman–Crippen MR) is 78.7 cm³/mol. The van der Waals surface area contributed by atoms with Gasteiger partial charge in [-0.3, -0.25) is 0 Å². The van der Waals surface area contributed by atoms with Gasteiger partial charge in [0.05, 0.1) is 13.0 Å². The first-order chi connectivity index (χ1) is 10.6. The van der Waals surface area contributed by atoms with Crippen LogP contribution in [0, 0.1) is 17.1 Å². The van der Waals surface area contributed by atoms with E-state index in [9.17, 15) is 9.65 Å². The molecule has 1 atom stereocenters. The van der Waals surface area contributed by atoms with Crippen LogP contribution in [0.15, 0.2) is 53.9 Å². The first kappa shape index (κ1) is 14.0. The summed E-state index contributed by atoms with van der Waals surface area (Å²) < 4.78 is 24.3. The standard InChI is InChI=1S/C17H13FN2O2/c1-21-12-5-6-13-15(8-12)22-17(20)14(9-19)16(13)10-3-2-4-11(18)7-10/h2-8,16H,20H2,1H3. The molecule has 2 aromatic rings. The highest BCUT2D eigenvalue weighted by molar-refractivity contribution is 5.57. The molecule has 3 rings (SSSR count). The first-order valence-corrected chi connectivity index (χ1v) is 6.65. The Bertz CT molecular complexity index is 809. The van der Waals surface area contributed by atoms with Crippen LogP contribution in [0.2, 0.25) is 0 Å². The molecule has 0 amide bonds. The van der Waals surface area contributed by atoms with E-state index >= 15 is 0 Å². The van der Waals surface area contributed by atoms with Gasteiger partial charge in [0.25, 0.3) is 0 Å². The van der Waals surface area contributed by atoms with Crippen LogP contribution in [-0.4, -0.2) is 7.11 Å². The van der Waals surface area contributed by atoms with Gasteiger partial charge in [0.15, 0.2) is 0 Å². The van der Waals surface area contributed by atoms with Crippen LogP contribution < -0.4 is 15.2 Å². The SMILES string of the molecule is COc1ccc2c(c1)OC(N)=C(C#N)C2c1cccc(F)c1. The lowest BCUT2D eigenvalue weighted by Gasteiger charge is -2.26. The molecular weight excluding hydrogens is 283 g/mol. The molecule has 0 saturated heterocycles. The topological polar surface area (TPSA) is 68.3 Å². The quantitative estimate of drug-likeness (QED) is 0.924. The number of benzene rings is 2. The van der Waals surface area contributed by atoms with Gasteiger partial charge in [-0.1, -0.05) is 18.2 Å². The molecule has 1 heterocycles. The molecule has 2 aromatic carbocycles. The minimum absolute atomic E-state index is 0.0255. The van der Waals surface area contributed by atoms with Crippen molar-refractivity contribution >= 4 is 0 Å². The van der Waals surface area contributed by atoms with Crippen LogP contribution in [0.5, 0.6) is 11.5 Å². The number of nitriles is 1. The van der Waals surface area contributed by atoms with Gasteiger partial charge in [0.2, 0.25) is 5.88 Å². The summed E-state index contributed by atoms with van der Waals surface area (Å²) in [4.78, 5) is 0. The predicted octanol–water partition coefficient (Wildman–Crippen LogP) is 3.05. The normalized spacial score (nSPS) is 16.5. The van der Waals surface area contributed by atoms with Crippen LogP contribution in [-0.2, 0) is 0 Å². The summed E-state index contributed by atoms with van der Waals surface area (Å²) in [7, 11) is 1.55. The van der Waals surface area contributed by atoms with Crippen LogP contribution >= 0.6 is 0 Å². The molecule has 1 aliphatic rings. The van der Waals surface area contributed by atoms with Crippen molar-refractivity contribution < 1.29 is 13.9 Å². The molecule has 2 N–H and O–H groups in total. The number of nitrogens with zero attached hydrogens (tertiary/aromatic N) is 1. The fourth-order valence-electron chi connectivity index (χ4n) is 2.59. The number of rotatable bonds is 2. The molecule has 0 radical (unpaired) electrons. The molecule has 5 heteroatoms. The average molecular weight is 296 g/mol. The molecule has 0 saturated carbocycles. The van der Waals surface area contributed by atoms with E-state index in [0.717, 1.165) is 5.56 Å². The van der Waals surface area contributed by atoms with Gasteiger partial charge < -0.3 is 15.2 Å². The molecule has 0 bridgehead atoms. The third-order valence-electron chi connectivity index (χ3n) is 3.61. The van der Waals surface area contributed by atoms with Crippen molar-refractivity contribution in [2.75, 3.05) is 7.11 Å². The van der Waals surface area contributed by atoms with Crippen LogP contribution in [0.1, 0.15) is 17.0 Å². The number of ether oxygens (including phenoxy) is 2. The molecular formula is C17H13FN2O2. The highest BCUT2D eigenvalue weighted by Gasteiger charge is 2.31. The highest BCUT2D eigenvalue weighted by atomic mass is 19.1. The average Bonchev–Trinajstić information content (AvgIpc) is 2.52. The Morgan fingerprint density at radius 3 is 2.77 bits per heavy atom. The van der Waals surface area contributed by atoms with Crippen molar-refractivity contribution in [1.29, 1.82) is 5.26 Å². The summed E-state index contributed by atoms with van der Waals surface area (Å²) in [5.41, 5.74) is 7.52. The molecule has 0 spiro atoms. The lowest BCUT2D eigenvalue weighted by Crippen LogP contribution is -2.21. The molecule has 0 aliphatic carbocycles. The zero-order valence-corrected chi connectivity index (χ0v) is 11.8. The van der Waals surface area contributed by atoms with Crippen molar-refractivity contribution in [2.45, 2.75) is 5.92 Å². The van der Waals surface area contributed by atoms with Crippen LogP contribution in [0.4, 0.5) is 4.39 Å². The van der Waals surface area contributed by atoms with Crippen molar-refractivity contribution in [3.05, 3.63) is 70.9 Å². The molecule has 4 nitrogen and oxygen atoms in total. The fourth-order valence-corrected chi connectivity index (χ4v) is 2.59. The Balaban J connectivity index is 2.21. The van der Waals surface area contributed by atoms with Crippen molar-refractivity contribution in [3.8, 4) is 17.6 Å². The lowest BCUT2D eigenvalue weighted by molar-refractivity contribution is 0.381. The Hall–Kier alpha value is -3.00. The minimum atomic E-state index is -0.463. The number of halogens is 1. The summed E-state index contributed by atoms with van der Waals surface area (Å²) >= 11 is 0. The second-order valence-corrected chi connectivity index (χ2v) is 4.88. The van der Waals surface area contributed by atoms with E-state index in [4.69, 9.17) is 15.2 Å². The first-order valence-electron chi connectivity index (χ1n) is 6.65. The van der Waals surface area contributed by atoms with Gasteiger partial charge in [-0.15, -0.1) is 0 Å². The number of methoxy groups -OCH3 is 1. The second kappa shape index (κ2) is 5.41. The number of allylic oxidation sites excluding steroid dienone is 1. The minimum Gasteiger partial charge on any atom is -0.497 e. The van der Waals surface area contributed by atoms with E-state index in [1.165, 1.54) is 12.1 Å². The van der Waals surface area contributed by atoms with Crippen LogP contribution in [0.3, 0.4) is 0 Å². The van der Waals surface area contributed by atoms with E-state index in [1.807, 2.05) is 0 Å². The van der Waals surface area contributed by atoms with Crippen LogP contribution in [0.25, 0.3) is 0 Å². The van der Waals surface area contributed by atoms with Gasteiger partial charge in [0, 0.05) is 11.6 Å². The third kappa shape index (κ3) is 2.25. The van der Waals surface area contributed by atoms with Crippen molar-refractivity contribution in [1.82, 2.24) is 0 Å². The summed E-state index contributed by atoms with van der Waals surface area (Å²) in [6.07, 6.45) is 0. The van der Waals surface area contributed by atoms with Gasteiger partial charge in [-0.05, 0) is 23.8 Å². The van der Waals surface area contributed by atoms with Crippen molar-refractivity contribution in [3.63, 3.8) is 0 Å². The molecule has 1 unspecified atom stereocenters. The van der Waals surface area contributed by atoms with Gasteiger partial charge in [-0.2, -0.15) is 5.26 Å². The van der Waals surface area contributed by atoms with E-state index in [0.29, 0.717) is 17.1 Å². The third-order valence-corrected chi connectivity index (χ3v) is 3.61. The highest BCUT2D eigenvalue weighted by Crippen LogP contribution is 2.43. The maximum Gasteiger partial charge on any atom is 0.205 e. The Kier molecular flexibility index (Phi) is 3.43. The summed E-state index contributed by atoms with van der Waals surface area (Å²) in [6.45, 7) is 0. The zero-order valence-electron chi connectivity index (χ0n) is 11.8.